The first-order chi connectivity index (χ1) is 16.7. The maximum Gasteiger partial charge on any atom is 0.278 e. The van der Waals surface area contributed by atoms with Crippen molar-refractivity contribution in [2.24, 2.45) is 0 Å². The molecule has 1 saturated heterocycles. The van der Waals surface area contributed by atoms with E-state index in [1.165, 1.54) is 0 Å². The summed E-state index contributed by atoms with van der Waals surface area (Å²) in [6.07, 6.45) is 1.23. The Morgan fingerprint density at radius 3 is 2.49 bits per heavy atom. The Hall–Kier alpha value is -3.94. The molecular formula is C27H27N3O5. The molecule has 0 bridgehead atoms. The number of aryl methyl sites for hydroxylation is 3. The van der Waals surface area contributed by atoms with Crippen LogP contribution >= 0.6 is 0 Å². The zero-order chi connectivity index (χ0) is 24.9. The Balaban J connectivity index is 1.38. The lowest BCUT2D eigenvalue weighted by atomic mass is 9.81. The number of hydrogen-bond donors (Lipinski definition) is 1. The van der Waals surface area contributed by atoms with Crippen LogP contribution in [0.25, 0.3) is 5.69 Å². The summed E-state index contributed by atoms with van der Waals surface area (Å²) in [4.78, 5) is 40.3. The zero-order valence-corrected chi connectivity index (χ0v) is 20.0. The Morgan fingerprint density at radius 1 is 1.03 bits per heavy atom. The molecule has 1 fully saturated rings. The highest BCUT2D eigenvalue weighted by atomic mass is 16.5. The summed E-state index contributed by atoms with van der Waals surface area (Å²) in [7, 11) is 0. The lowest BCUT2D eigenvalue weighted by Crippen LogP contribution is -2.52. The molecule has 0 atom stereocenters. The number of hydrogen-bond acceptors (Lipinski definition) is 6. The average molecular weight is 474 g/mol. The van der Waals surface area contributed by atoms with Crippen LogP contribution in [0.4, 0.5) is 0 Å². The third kappa shape index (κ3) is 4.09. The number of rotatable bonds is 2. The predicted molar refractivity (Wildman–Crippen MR) is 130 cm³/mol. The number of benzene rings is 2. The van der Waals surface area contributed by atoms with Crippen LogP contribution in [0.5, 0.6) is 11.5 Å². The quantitative estimate of drug-likeness (QED) is 0.611. The molecule has 2 aliphatic heterocycles. The molecule has 1 amide bonds. The zero-order valence-electron chi connectivity index (χ0n) is 20.0. The standard InChI is InChI=1S/C27H27N3O5/c1-16-5-4-6-19(12-16)30-23(33)14-20(31)25(28-30)26(34)29-9-7-27(8-10-29)15-21(32)24-18(3)11-17(2)13-22(24)35-27/h4-6,11-14,31H,7-10,15H2,1-3H3. The summed E-state index contributed by atoms with van der Waals surface area (Å²) in [5, 5.41) is 14.6. The van der Waals surface area contributed by atoms with Gasteiger partial charge in [-0.3, -0.25) is 14.4 Å². The van der Waals surface area contributed by atoms with Crippen LogP contribution in [0.15, 0.2) is 47.3 Å². The van der Waals surface area contributed by atoms with E-state index in [2.05, 4.69) is 5.10 Å². The van der Waals surface area contributed by atoms with Crippen molar-refractivity contribution in [2.45, 2.75) is 45.6 Å². The molecule has 0 unspecified atom stereocenters. The van der Waals surface area contributed by atoms with Crippen LogP contribution in [-0.4, -0.2) is 50.2 Å². The van der Waals surface area contributed by atoms with Gasteiger partial charge in [-0.25, -0.2) is 0 Å². The first kappa shape index (κ1) is 22.8. The fourth-order valence-electron chi connectivity index (χ4n) is 5.11. The second-order valence-electron chi connectivity index (χ2n) is 9.60. The lowest BCUT2D eigenvalue weighted by molar-refractivity contribution is -0.00604. The number of ether oxygens (including phenoxy) is 1. The van der Waals surface area contributed by atoms with Gasteiger partial charge in [0.1, 0.15) is 11.4 Å². The minimum atomic E-state index is -0.656. The molecule has 180 valence electrons. The molecule has 8 nitrogen and oxygen atoms in total. The van der Waals surface area contributed by atoms with E-state index in [4.69, 9.17) is 4.74 Å². The summed E-state index contributed by atoms with van der Waals surface area (Å²) >= 11 is 0. The van der Waals surface area contributed by atoms with Crippen LogP contribution in [0.1, 0.15) is 56.8 Å². The van der Waals surface area contributed by atoms with Crippen molar-refractivity contribution in [2.75, 3.05) is 13.1 Å². The Labute approximate surface area is 202 Å². The number of amides is 1. The van der Waals surface area contributed by atoms with E-state index >= 15 is 0 Å². The van der Waals surface area contributed by atoms with E-state index in [1.54, 1.807) is 23.1 Å². The number of carbonyl (C=O) groups is 2. The molecule has 0 saturated carbocycles. The fraction of sp³-hybridized carbons (Fsp3) is 0.333. The molecule has 3 aromatic rings. The molecular weight excluding hydrogens is 446 g/mol. The van der Waals surface area contributed by atoms with Gasteiger partial charge in [0.15, 0.2) is 17.2 Å². The highest BCUT2D eigenvalue weighted by molar-refractivity contribution is 6.02. The van der Waals surface area contributed by atoms with Gasteiger partial charge >= 0.3 is 0 Å². The van der Waals surface area contributed by atoms with E-state index in [0.717, 1.165) is 27.4 Å². The summed E-state index contributed by atoms with van der Waals surface area (Å²) in [6, 6.07) is 12.1. The number of piperidine rings is 1. The maximum absolute atomic E-state index is 13.3. The SMILES string of the molecule is Cc1cccc(-n2nc(C(=O)N3CCC4(CC3)CC(=O)c3c(C)cc(C)cc3O4)c(O)cc2=O)c1. The van der Waals surface area contributed by atoms with Gasteiger partial charge in [0.2, 0.25) is 0 Å². The summed E-state index contributed by atoms with van der Waals surface area (Å²) in [5.74, 6) is -0.239. The summed E-state index contributed by atoms with van der Waals surface area (Å²) < 4.78 is 7.51. The molecule has 8 heteroatoms. The second kappa shape index (κ2) is 8.37. The Morgan fingerprint density at radius 2 is 1.77 bits per heavy atom. The Bertz CT molecular complexity index is 1420. The highest BCUT2D eigenvalue weighted by Crippen LogP contribution is 2.41. The van der Waals surface area contributed by atoms with Crippen LogP contribution in [0.3, 0.4) is 0 Å². The molecule has 2 aromatic carbocycles. The van der Waals surface area contributed by atoms with E-state index in [-0.39, 0.29) is 17.9 Å². The minimum absolute atomic E-state index is 0.0630. The van der Waals surface area contributed by atoms with Crippen LogP contribution < -0.4 is 10.3 Å². The molecule has 0 radical (unpaired) electrons. The topological polar surface area (TPSA) is 102 Å². The maximum atomic E-state index is 13.3. The molecule has 1 N–H and O–H groups in total. The van der Waals surface area contributed by atoms with Crippen molar-refractivity contribution in [1.29, 1.82) is 0 Å². The van der Waals surface area contributed by atoms with Crippen molar-refractivity contribution in [3.8, 4) is 17.2 Å². The minimum Gasteiger partial charge on any atom is -0.505 e. The number of aromatic hydroxyl groups is 1. The normalized spacial score (nSPS) is 16.7. The van der Waals surface area contributed by atoms with Gasteiger partial charge in [-0.2, -0.15) is 9.78 Å². The number of likely N-dealkylation sites (tertiary alicyclic amines) is 1. The van der Waals surface area contributed by atoms with E-state index < -0.39 is 22.8 Å². The molecule has 35 heavy (non-hydrogen) atoms. The number of fused-ring (bicyclic) bond motifs is 1. The van der Waals surface area contributed by atoms with E-state index in [0.29, 0.717) is 42.9 Å². The second-order valence-corrected chi connectivity index (χ2v) is 9.60. The third-order valence-corrected chi connectivity index (χ3v) is 6.85. The number of nitrogens with zero attached hydrogens (tertiary/aromatic N) is 3. The smallest absolute Gasteiger partial charge is 0.278 e. The van der Waals surface area contributed by atoms with Gasteiger partial charge in [0.25, 0.3) is 11.5 Å². The van der Waals surface area contributed by atoms with Gasteiger partial charge in [-0.15, -0.1) is 0 Å². The van der Waals surface area contributed by atoms with Crippen molar-refractivity contribution in [3.63, 3.8) is 0 Å². The molecule has 1 spiro atoms. The first-order valence-corrected chi connectivity index (χ1v) is 11.7. The largest absolute Gasteiger partial charge is 0.505 e. The molecule has 0 aliphatic carbocycles. The van der Waals surface area contributed by atoms with Crippen LogP contribution in [-0.2, 0) is 0 Å². The van der Waals surface area contributed by atoms with Crippen molar-refractivity contribution >= 4 is 11.7 Å². The number of carbonyl (C=O) groups excluding carboxylic acids is 2. The number of ketones is 1. The molecule has 1 aromatic heterocycles. The van der Waals surface area contributed by atoms with Gasteiger partial charge < -0.3 is 14.7 Å². The van der Waals surface area contributed by atoms with Gasteiger partial charge in [-0.1, -0.05) is 18.2 Å². The van der Waals surface area contributed by atoms with Crippen molar-refractivity contribution < 1.29 is 19.4 Å². The van der Waals surface area contributed by atoms with E-state index in [9.17, 15) is 19.5 Å². The number of aromatic nitrogens is 2. The highest BCUT2D eigenvalue weighted by Gasteiger charge is 2.44. The Kier molecular flexibility index (Phi) is 5.46. The van der Waals surface area contributed by atoms with Gasteiger partial charge in [0.05, 0.1) is 17.7 Å². The van der Waals surface area contributed by atoms with Crippen LogP contribution in [0.2, 0.25) is 0 Å². The average Bonchev–Trinajstić information content (AvgIpc) is 2.78. The molecule has 2 aliphatic rings. The first-order valence-electron chi connectivity index (χ1n) is 11.7. The molecule has 3 heterocycles. The van der Waals surface area contributed by atoms with E-state index in [1.807, 2.05) is 39.0 Å². The predicted octanol–water partition coefficient (Wildman–Crippen LogP) is 3.50. The lowest BCUT2D eigenvalue weighted by Gasteiger charge is -2.44. The summed E-state index contributed by atoms with van der Waals surface area (Å²) in [5.41, 5.74) is 2.68. The molecule has 5 rings (SSSR count). The monoisotopic (exact) mass is 473 g/mol. The third-order valence-electron chi connectivity index (χ3n) is 6.85. The fourth-order valence-corrected chi connectivity index (χ4v) is 5.11. The van der Waals surface area contributed by atoms with Crippen molar-refractivity contribution in [1.82, 2.24) is 14.7 Å². The number of Topliss-reactive ketones (excluding diaryl/α,β-unsaturated/α-hetero) is 1. The van der Waals surface area contributed by atoms with Gasteiger partial charge in [-0.05, 0) is 55.7 Å². The summed E-state index contributed by atoms with van der Waals surface area (Å²) in [6.45, 7) is 6.47. The van der Waals surface area contributed by atoms with Crippen molar-refractivity contribution in [3.05, 3.63) is 80.8 Å². The van der Waals surface area contributed by atoms with Crippen LogP contribution in [0, 0.1) is 20.8 Å². The van der Waals surface area contributed by atoms with Gasteiger partial charge in [0, 0.05) is 32.0 Å².